The lowest BCUT2D eigenvalue weighted by atomic mass is 9.95. The quantitative estimate of drug-likeness (QED) is 0.665. The molecule has 2 amide bonds. The number of fused-ring (bicyclic) bond motifs is 3. The van der Waals surface area contributed by atoms with Crippen LogP contribution in [0.5, 0.6) is 5.88 Å². The van der Waals surface area contributed by atoms with Crippen molar-refractivity contribution < 1.29 is 18.5 Å². The number of ether oxygens (including phenoxy) is 2. The summed E-state index contributed by atoms with van der Waals surface area (Å²) < 4.78 is 30.3. The number of carbonyl (C=O) groups is 1. The normalized spacial score (nSPS) is 25.1. The maximum absolute atomic E-state index is 13.4. The van der Waals surface area contributed by atoms with Gasteiger partial charge in [0.1, 0.15) is 11.5 Å². The van der Waals surface area contributed by atoms with Crippen molar-refractivity contribution in [3.05, 3.63) is 34.5 Å². The number of amides is 2. The number of hydrogen-bond acceptors (Lipinski definition) is 6. The van der Waals surface area contributed by atoms with E-state index >= 15 is 0 Å². The van der Waals surface area contributed by atoms with Crippen molar-refractivity contribution in [3.63, 3.8) is 0 Å². The first-order valence-corrected chi connectivity index (χ1v) is 13.9. The van der Waals surface area contributed by atoms with Crippen LogP contribution in [0.25, 0.3) is 0 Å². The van der Waals surface area contributed by atoms with E-state index in [0.717, 1.165) is 50.9 Å². The number of aryl methyl sites for hydroxylation is 2. The Kier molecular flexibility index (Phi) is 5.63. The van der Waals surface area contributed by atoms with Crippen LogP contribution in [0.4, 0.5) is 10.5 Å². The van der Waals surface area contributed by atoms with Crippen LogP contribution in [-0.4, -0.2) is 63.9 Å². The zero-order valence-electron chi connectivity index (χ0n) is 20.2. The summed E-state index contributed by atoms with van der Waals surface area (Å²) in [5.74, 6) is 0.687. The fourth-order valence-electron chi connectivity index (χ4n) is 5.95. The van der Waals surface area contributed by atoms with E-state index in [1.807, 2.05) is 0 Å². The summed E-state index contributed by atoms with van der Waals surface area (Å²) in [4.78, 5) is 15.4. The molecule has 3 N–H and O–H groups in total. The molecule has 4 aliphatic rings. The minimum Gasteiger partial charge on any atom is -0.475 e. The Morgan fingerprint density at radius 2 is 2.11 bits per heavy atom. The number of nitrogens with two attached hydrogens (primary N) is 1. The third-order valence-electron chi connectivity index (χ3n) is 7.91. The van der Waals surface area contributed by atoms with Gasteiger partial charge in [-0.25, -0.2) is 18.8 Å². The van der Waals surface area contributed by atoms with Crippen LogP contribution in [-0.2, 0) is 40.5 Å². The smallest absolute Gasteiger partial charge is 0.354 e. The molecule has 2 aliphatic carbocycles. The molecule has 35 heavy (non-hydrogen) atoms. The van der Waals surface area contributed by atoms with E-state index in [1.54, 1.807) is 11.8 Å². The van der Waals surface area contributed by atoms with E-state index in [2.05, 4.69) is 32.7 Å². The summed E-state index contributed by atoms with van der Waals surface area (Å²) in [5, 5.41) is 13.4. The Morgan fingerprint density at radius 3 is 2.91 bits per heavy atom. The van der Waals surface area contributed by atoms with Crippen LogP contribution < -0.4 is 15.2 Å². The van der Waals surface area contributed by atoms with Gasteiger partial charge in [-0.05, 0) is 60.3 Å². The molecule has 0 spiro atoms. The zero-order valence-corrected chi connectivity index (χ0v) is 21.0. The Morgan fingerprint density at radius 1 is 1.29 bits per heavy atom. The summed E-state index contributed by atoms with van der Waals surface area (Å²) in [6.07, 6.45) is 6.76. The molecule has 0 bridgehead atoms. The fourth-order valence-corrected chi connectivity index (χ4v) is 6.96. The van der Waals surface area contributed by atoms with Crippen LogP contribution in [0.1, 0.15) is 47.9 Å². The van der Waals surface area contributed by atoms with Crippen molar-refractivity contribution in [2.45, 2.75) is 68.5 Å². The van der Waals surface area contributed by atoms with Crippen molar-refractivity contribution >= 4 is 21.6 Å². The average Bonchev–Trinajstić information content (AvgIpc) is 3.51. The molecule has 1 fully saturated rings. The van der Waals surface area contributed by atoms with Gasteiger partial charge in [0, 0.05) is 25.9 Å². The SMILES string of the molecule is COC1CN(C2COc3c(S(N)(=O)=NC(=O)Nc4c5c(cc6c4[C@@H](C)CC6)CCC5)cnn3C2)C1. The molecule has 6 rings (SSSR count). The van der Waals surface area contributed by atoms with Gasteiger partial charge in [-0.1, -0.05) is 13.0 Å². The highest BCUT2D eigenvalue weighted by Crippen LogP contribution is 2.44. The number of nitrogens with zero attached hydrogens (tertiary/aromatic N) is 4. The van der Waals surface area contributed by atoms with Crippen LogP contribution >= 0.6 is 0 Å². The van der Waals surface area contributed by atoms with Crippen molar-refractivity contribution in [1.82, 2.24) is 14.7 Å². The van der Waals surface area contributed by atoms with Gasteiger partial charge in [0.25, 0.3) is 0 Å². The minimum absolute atomic E-state index is 0.153. The Balaban J connectivity index is 1.24. The van der Waals surface area contributed by atoms with E-state index in [4.69, 9.17) is 14.6 Å². The lowest BCUT2D eigenvalue weighted by Gasteiger charge is -2.44. The highest BCUT2D eigenvalue weighted by Gasteiger charge is 2.37. The number of benzene rings is 1. The van der Waals surface area contributed by atoms with E-state index in [0.29, 0.717) is 24.9 Å². The Bertz CT molecular complexity index is 1310. The number of aromatic nitrogens is 2. The molecular formula is C24H32N6O4S. The maximum atomic E-state index is 13.4. The van der Waals surface area contributed by atoms with Gasteiger partial charge in [0.05, 0.1) is 24.9 Å². The van der Waals surface area contributed by atoms with Crippen LogP contribution in [0.2, 0.25) is 0 Å². The summed E-state index contributed by atoms with van der Waals surface area (Å²) in [6, 6.07) is 1.76. The molecule has 1 saturated heterocycles. The molecule has 11 heteroatoms. The van der Waals surface area contributed by atoms with Gasteiger partial charge in [-0.3, -0.25) is 4.90 Å². The zero-order chi connectivity index (χ0) is 24.3. The molecule has 2 aliphatic heterocycles. The standard InChI is InChI=1S/C24H32N6O4S/c1-14-6-7-16-8-15-4-3-5-19(15)22(21(14)16)27-24(31)28-35(25,32)20-9-26-30-10-17(13-34-23(20)30)29-11-18(12-29)33-2/h8-9,14,17-18H,3-7,10-13H2,1-2H3,(H3,25,27,28,31,32)/t14-,17?,35?/m0/s1. The molecule has 3 heterocycles. The van der Waals surface area contributed by atoms with Crippen molar-refractivity contribution in [2.24, 2.45) is 9.50 Å². The molecule has 0 saturated carbocycles. The number of methoxy groups -OCH3 is 1. The van der Waals surface area contributed by atoms with Crippen LogP contribution in [0.3, 0.4) is 0 Å². The number of rotatable bonds is 4. The Labute approximate surface area is 205 Å². The molecule has 2 unspecified atom stereocenters. The van der Waals surface area contributed by atoms with Crippen molar-refractivity contribution in [2.75, 3.05) is 32.1 Å². The third-order valence-corrected chi connectivity index (χ3v) is 9.26. The molecule has 3 atom stereocenters. The largest absolute Gasteiger partial charge is 0.475 e. The molecular weight excluding hydrogens is 468 g/mol. The van der Waals surface area contributed by atoms with Crippen LogP contribution in [0.15, 0.2) is 21.5 Å². The van der Waals surface area contributed by atoms with Crippen molar-refractivity contribution in [3.8, 4) is 5.88 Å². The minimum atomic E-state index is -3.54. The van der Waals surface area contributed by atoms with E-state index in [9.17, 15) is 9.00 Å². The first-order valence-electron chi connectivity index (χ1n) is 12.3. The second kappa shape index (κ2) is 8.58. The molecule has 188 valence electrons. The first-order chi connectivity index (χ1) is 16.8. The number of anilines is 1. The summed E-state index contributed by atoms with van der Waals surface area (Å²) in [5.41, 5.74) is 5.83. The summed E-state index contributed by atoms with van der Waals surface area (Å²) >= 11 is 0. The van der Waals surface area contributed by atoms with Gasteiger partial charge in [0.15, 0.2) is 9.92 Å². The predicted molar refractivity (Wildman–Crippen MR) is 131 cm³/mol. The molecule has 0 radical (unpaired) electrons. The summed E-state index contributed by atoms with van der Waals surface area (Å²) in [6.45, 7) is 4.90. The number of likely N-dealkylation sites (tertiary alicyclic amines) is 1. The fraction of sp³-hybridized carbons (Fsp3) is 0.583. The lowest BCUT2D eigenvalue weighted by molar-refractivity contribution is -0.0687. The van der Waals surface area contributed by atoms with Gasteiger partial charge < -0.3 is 14.8 Å². The number of hydrogen-bond donors (Lipinski definition) is 2. The van der Waals surface area contributed by atoms with Gasteiger partial charge in [-0.15, -0.1) is 4.36 Å². The molecule has 10 nitrogen and oxygen atoms in total. The number of carbonyl (C=O) groups excluding carboxylic acids is 1. The first kappa shape index (κ1) is 23.0. The molecule has 1 aromatic heterocycles. The van der Waals surface area contributed by atoms with Gasteiger partial charge in [0.2, 0.25) is 5.88 Å². The lowest BCUT2D eigenvalue weighted by Crippen LogP contribution is -2.59. The van der Waals surface area contributed by atoms with Crippen LogP contribution in [0, 0.1) is 0 Å². The third kappa shape index (κ3) is 3.94. The van der Waals surface area contributed by atoms with E-state index in [1.165, 1.54) is 28.5 Å². The molecule has 2 aromatic rings. The van der Waals surface area contributed by atoms with E-state index in [-0.39, 0.29) is 17.0 Å². The number of nitrogens with one attached hydrogen (secondary N) is 1. The highest BCUT2D eigenvalue weighted by molar-refractivity contribution is 7.91. The predicted octanol–water partition coefficient (Wildman–Crippen LogP) is 2.45. The molecule has 1 aromatic carbocycles. The van der Waals surface area contributed by atoms with Gasteiger partial charge in [-0.2, -0.15) is 5.10 Å². The van der Waals surface area contributed by atoms with Gasteiger partial charge >= 0.3 is 6.03 Å². The maximum Gasteiger partial charge on any atom is 0.354 e. The van der Waals surface area contributed by atoms with Crippen molar-refractivity contribution in [1.29, 1.82) is 0 Å². The second-order valence-corrected chi connectivity index (χ2v) is 11.9. The highest BCUT2D eigenvalue weighted by atomic mass is 32.2. The topological polar surface area (TPSA) is 124 Å². The van der Waals surface area contributed by atoms with E-state index < -0.39 is 15.9 Å². The Hall–Kier alpha value is -2.47. The average molecular weight is 501 g/mol. The summed E-state index contributed by atoms with van der Waals surface area (Å²) in [7, 11) is -1.82. The number of urea groups is 1. The monoisotopic (exact) mass is 500 g/mol. The second-order valence-electron chi connectivity index (χ2n) is 10.1.